The smallest absolute Gasteiger partial charge is 0.166 e. The highest BCUT2D eigenvalue weighted by molar-refractivity contribution is 9.10. The van der Waals surface area contributed by atoms with Gasteiger partial charge in [0.15, 0.2) is 5.82 Å². The minimum atomic E-state index is -0.320. The van der Waals surface area contributed by atoms with Gasteiger partial charge in [0.25, 0.3) is 0 Å². The molecule has 0 bridgehead atoms. The average Bonchev–Trinajstić information content (AvgIpc) is 2.64. The van der Waals surface area contributed by atoms with Gasteiger partial charge < -0.3 is 4.57 Å². The SMILES string of the molecule is Cn1c(CBr)nnc1-c1cccc(Br)c1F. The zero-order valence-electron chi connectivity index (χ0n) is 8.41. The van der Waals surface area contributed by atoms with E-state index in [9.17, 15) is 4.39 Å². The molecule has 3 nitrogen and oxygen atoms in total. The maximum atomic E-state index is 13.8. The van der Waals surface area contributed by atoms with Gasteiger partial charge >= 0.3 is 0 Å². The van der Waals surface area contributed by atoms with Crippen LogP contribution in [0.25, 0.3) is 11.4 Å². The summed E-state index contributed by atoms with van der Waals surface area (Å²) in [5, 5.41) is 8.54. The van der Waals surface area contributed by atoms with E-state index < -0.39 is 0 Å². The Labute approximate surface area is 109 Å². The molecule has 1 aromatic carbocycles. The lowest BCUT2D eigenvalue weighted by Gasteiger charge is -2.04. The van der Waals surface area contributed by atoms with Gasteiger partial charge in [-0.15, -0.1) is 10.2 Å². The molecular formula is C10H8Br2FN3. The summed E-state index contributed by atoms with van der Waals surface area (Å²) in [6.45, 7) is 0. The molecule has 6 heteroatoms. The first-order valence-corrected chi connectivity index (χ1v) is 6.45. The number of aromatic nitrogens is 3. The molecule has 0 saturated heterocycles. The van der Waals surface area contributed by atoms with Gasteiger partial charge in [0, 0.05) is 7.05 Å². The summed E-state index contributed by atoms with van der Waals surface area (Å²) in [6, 6.07) is 5.10. The van der Waals surface area contributed by atoms with Crippen LogP contribution >= 0.6 is 31.9 Å². The zero-order valence-corrected chi connectivity index (χ0v) is 11.6. The maximum Gasteiger partial charge on any atom is 0.166 e. The maximum absolute atomic E-state index is 13.8. The molecule has 2 rings (SSSR count). The summed E-state index contributed by atoms with van der Waals surface area (Å²) < 4.78 is 16.0. The van der Waals surface area contributed by atoms with Crippen LogP contribution in [0.3, 0.4) is 0 Å². The van der Waals surface area contributed by atoms with E-state index in [1.807, 2.05) is 7.05 Å². The molecule has 16 heavy (non-hydrogen) atoms. The molecular weight excluding hydrogens is 341 g/mol. The van der Waals surface area contributed by atoms with Crippen molar-refractivity contribution in [2.24, 2.45) is 7.05 Å². The predicted octanol–water partition coefficient (Wildman–Crippen LogP) is 3.28. The Morgan fingerprint density at radius 3 is 2.75 bits per heavy atom. The van der Waals surface area contributed by atoms with Crippen molar-refractivity contribution < 1.29 is 4.39 Å². The van der Waals surface area contributed by atoms with Crippen LogP contribution in [0.1, 0.15) is 5.82 Å². The summed E-state index contributed by atoms with van der Waals surface area (Å²) in [5.74, 6) is 0.960. The fourth-order valence-electron chi connectivity index (χ4n) is 1.39. The van der Waals surface area contributed by atoms with Crippen LogP contribution in [-0.4, -0.2) is 14.8 Å². The number of rotatable bonds is 2. The molecule has 0 aliphatic carbocycles. The van der Waals surface area contributed by atoms with E-state index in [1.165, 1.54) is 0 Å². The van der Waals surface area contributed by atoms with E-state index in [1.54, 1.807) is 22.8 Å². The normalized spacial score (nSPS) is 10.8. The lowest BCUT2D eigenvalue weighted by molar-refractivity contribution is 0.622. The molecule has 0 spiro atoms. The molecule has 0 fully saturated rings. The summed E-state index contributed by atoms with van der Waals surface area (Å²) >= 11 is 6.45. The monoisotopic (exact) mass is 347 g/mol. The minimum Gasteiger partial charge on any atom is -0.313 e. The van der Waals surface area contributed by atoms with Crippen molar-refractivity contribution >= 4 is 31.9 Å². The molecule has 0 aliphatic rings. The standard InChI is InChI=1S/C10H8Br2FN3/c1-16-8(5-11)14-15-10(16)6-3-2-4-7(12)9(6)13/h2-4H,5H2,1H3. The van der Waals surface area contributed by atoms with E-state index in [0.29, 0.717) is 21.2 Å². The lowest BCUT2D eigenvalue weighted by Crippen LogP contribution is -1.98. The summed E-state index contributed by atoms with van der Waals surface area (Å²) in [6.07, 6.45) is 0. The van der Waals surface area contributed by atoms with Crippen LogP contribution in [0.2, 0.25) is 0 Å². The molecule has 0 N–H and O–H groups in total. The van der Waals surface area contributed by atoms with Gasteiger partial charge in [-0.05, 0) is 28.1 Å². The van der Waals surface area contributed by atoms with Crippen molar-refractivity contribution in [1.29, 1.82) is 0 Å². The summed E-state index contributed by atoms with van der Waals surface area (Å²) in [7, 11) is 1.81. The average molecular weight is 349 g/mol. The van der Waals surface area contributed by atoms with Crippen LogP contribution in [0.5, 0.6) is 0 Å². The van der Waals surface area contributed by atoms with Crippen LogP contribution in [0.4, 0.5) is 4.39 Å². The summed E-state index contributed by atoms with van der Waals surface area (Å²) in [5.41, 5.74) is 0.441. The molecule has 2 aromatic rings. The molecule has 0 unspecified atom stereocenters. The van der Waals surface area contributed by atoms with Gasteiger partial charge in [0.1, 0.15) is 11.6 Å². The van der Waals surface area contributed by atoms with Crippen molar-refractivity contribution in [1.82, 2.24) is 14.8 Å². The number of halogens is 3. The van der Waals surface area contributed by atoms with Crippen molar-refractivity contribution in [3.05, 3.63) is 34.3 Å². The highest BCUT2D eigenvalue weighted by Gasteiger charge is 2.15. The molecule has 0 aliphatic heterocycles. The van der Waals surface area contributed by atoms with Crippen molar-refractivity contribution in [2.45, 2.75) is 5.33 Å². The third kappa shape index (κ3) is 1.91. The van der Waals surface area contributed by atoms with Gasteiger partial charge in [0.05, 0.1) is 15.4 Å². The number of hydrogen-bond acceptors (Lipinski definition) is 2. The van der Waals surface area contributed by atoms with E-state index in [0.717, 1.165) is 5.82 Å². The van der Waals surface area contributed by atoms with Gasteiger partial charge in [-0.1, -0.05) is 22.0 Å². The number of nitrogens with zero attached hydrogens (tertiary/aromatic N) is 3. The number of benzene rings is 1. The van der Waals surface area contributed by atoms with Crippen molar-refractivity contribution in [3.8, 4) is 11.4 Å². The highest BCUT2D eigenvalue weighted by Crippen LogP contribution is 2.26. The second-order valence-electron chi connectivity index (χ2n) is 3.23. The fourth-order valence-corrected chi connectivity index (χ4v) is 2.24. The Morgan fingerprint density at radius 1 is 1.38 bits per heavy atom. The quantitative estimate of drug-likeness (QED) is 0.780. The number of alkyl halides is 1. The van der Waals surface area contributed by atoms with Gasteiger partial charge in [-0.3, -0.25) is 0 Å². The predicted molar refractivity (Wildman–Crippen MR) is 66.7 cm³/mol. The van der Waals surface area contributed by atoms with E-state index in [4.69, 9.17) is 0 Å². The molecule has 84 valence electrons. The van der Waals surface area contributed by atoms with E-state index in [-0.39, 0.29) is 5.82 Å². The third-order valence-corrected chi connectivity index (χ3v) is 3.39. The topological polar surface area (TPSA) is 30.7 Å². The van der Waals surface area contributed by atoms with E-state index in [2.05, 4.69) is 42.1 Å². The second-order valence-corrected chi connectivity index (χ2v) is 4.65. The van der Waals surface area contributed by atoms with Crippen LogP contribution in [-0.2, 0) is 12.4 Å². The van der Waals surface area contributed by atoms with Crippen molar-refractivity contribution in [3.63, 3.8) is 0 Å². The summed E-state index contributed by atoms with van der Waals surface area (Å²) in [4.78, 5) is 0. The first-order valence-electron chi connectivity index (χ1n) is 4.53. The molecule has 0 radical (unpaired) electrons. The Kier molecular flexibility index (Phi) is 3.39. The van der Waals surface area contributed by atoms with Gasteiger partial charge in [-0.2, -0.15) is 0 Å². The zero-order chi connectivity index (χ0) is 11.7. The third-order valence-electron chi connectivity index (χ3n) is 2.28. The first kappa shape index (κ1) is 11.7. The Morgan fingerprint density at radius 2 is 2.12 bits per heavy atom. The van der Waals surface area contributed by atoms with Crippen LogP contribution in [0.15, 0.2) is 22.7 Å². The molecule has 1 aromatic heterocycles. The van der Waals surface area contributed by atoms with Gasteiger partial charge in [-0.25, -0.2) is 4.39 Å². The van der Waals surface area contributed by atoms with E-state index >= 15 is 0 Å². The second kappa shape index (κ2) is 4.63. The molecule has 0 saturated carbocycles. The Hall–Kier alpha value is -0.750. The van der Waals surface area contributed by atoms with Gasteiger partial charge in [0.2, 0.25) is 0 Å². The Balaban J connectivity index is 2.59. The molecule has 0 amide bonds. The highest BCUT2D eigenvalue weighted by atomic mass is 79.9. The van der Waals surface area contributed by atoms with Crippen LogP contribution in [0, 0.1) is 5.82 Å². The molecule has 1 heterocycles. The first-order chi connectivity index (χ1) is 7.65. The Bertz CT molecular complexity index is 525. The fraction of sp³-hybridized carbons (Fsp3) is 0.200. The van der Waals surface area contributed by atoms with Crippen molar-refractivity contribution in [2.75, 3.05) is 0 Å². The number of hydrogen-bond donors (Lipinski definition) is 0. The minimum absolute atomic E-state index is 0.320. The lowest BCUT2D eigenvalue weighted by atomic mass is 10.2. The van der Waals surface area contributed by atoms with Crippen LogP contribution < -0.4 is 0 Å². The molecule has 0 atom stereocenters. The largest absolute Gasteiger partial charge is 0.313 e.